The van der Waals surface area contributed by atoms with Crippen molar-refractivity contribution in [1.82, 2.24) is 5.32 Å². The molecule has 0 spiro atoms. The zero-order valence-electron chi connectivity index (χ0n) is 12.1. The Bertz CT molecular complexity index is 441. The highest BCUT2D eigenvalue weighted by Gasteiger charge is 2.31. The second-order valence-electron chi connectivity index (χ2n) is 5.42. The number of alkyl halides is 3. The molecule has 1 saturated heterocycles. The van der Waals surface area contributed by atoms with Gasteiger partial charge in [-0.15, -0.1) is 13.2 Å². The predicted molar refractivity (Wildman–Crippen MR) is 73.1 cm³/mol. The number of hydrogen-bond acceptors (Lipinski definition) is 3. The number of nitrogens with one attached hydrogen (secondary N) is 1. The van der Waals surface area contributed by atoms with Crippen molar-refractivity contribution >= 4 is 0 Å². The topological polar surface area (TPSA) is 30.5 Å². The van der Waals surface area contributed by atoms with Crippen LogP contribution in [0.2, 0.25) is 0 Å². The second-order valence-corrected chi connectivity index (χ2v) is 5.42. The Kier molecular flexibility index (Phi) is 5.11. The minimum atomic E-state index is -4.65. The van der Waals surface area contributed by atoms with Crippen molar-refractivity contribution in [3.8, 4) is 5.75 Å². The highest BCUT2D eigenvalue weighted by atomic mass is 19.4. The maximum Gasteiger partial charge on any atom is 0.573 e. The Labute approximate surface area is 122 Å². The van der Waals surface area contributed by atoms with Crippen molar-refractivity contribution in [2.45, 2.75) is 38.7 Å². The van der Waals surface area contributed by atoms with E-state index in [2.05, 4.69) is 17.0 Å². The highest BCUT2D eigenvalue weighted by molar-refractivity contribution is 5.29. The molecule has 1 aliphatic heterocycles. The average Bonchev–Trinajstić information content (AvgIpc) is 2.91. The average molecular weight is 303 g/mol. The van der Waals surface area contributed by atoms with E-state index in [1.807, 2.05) is 6.92 Å². The molecule has 3 nitrogen and oxygen atoms in total. The van der Waals surface area contributed by atoms with E-state index in [1.165, 1.54) is 12.1 Å². The second kappa shape index (κ2) is 6.66. The van der Waals surface area contributed by atoms with Crippen LogP contribution in [-0.2, 0) is 4.74 Å². The van der Waals surface area contributed by atoms with Gasteiger partial charge in [0.2, 0.25) is 0 Å². The summed E-state index contributed by atoms with van der Waals surface area (Å²) in [4.78, 5) is 0. The van der Waals surface area contributed by atoms with Gasteiger partial charge in [0.25, 0.3) is 0 Å². The van der Waals surface area contributed by atoms with Crippen LogP contribution in [0, 0.1) is 5.92 Å². The van der Waals surface area contributed by atoms with E-state index in [0.29, 0.717) is 12.0 Å². The first-order chi connectivity index (χ1) is 9.85. The van der Waals surface area contributed by atoms with Crippen molar-refractivity contribution in [1.29, 1.82) is 0 Å². The standard InChI is InChI=1S/C15H20F3NO2/c1-10(19-11(2)13-7-8-20-9-13)12-3-5-14(6-4-12)21-15(16,17)18/h3-6,10-11,13,19H,7-9H2,1-2H3. The predicted octanol–water partition coefficient (Wildman–Crippen LogP) is 3.66. The van der Waals surface area contributed by atoms with Crippen molar-refractivity contribution in [2.24, 2.45) is 5.92 Å². The molecule has 0 saturated carbocycles. The zero-order valence-corrected chi connectivity index (χ0v) is 12.1. The van der Waals surface area contributed by atoms with E-state index in [4.69, 9.17) is 4.74 Å². The van der Waals surface area contributed by atoms with Gasteiger partial charge in [0.15, 0.2) is 0 Å². The third kappa shape index (κ3) is 4.89. The van der Waals surface area contributed by atoms with Gasteiger partial charge in [-0.1, -0.05) is 12.1 Å². The summed E-state index contributed by atoms with van der Waals surface area (Å²) in [6.07, 6.45) is -3.61. The van der Waals surface area contributed by atoms with Crippen molar-refractivity contribution < 1.29 is 22.6 Å². The summed E-state index contributed by atoms with van der Waals surface area (Å²) in [6, 6.07) is 6.33. The lowest BCUT2D eigenvalue weighted by Crippen LogP contribution is -2.35. The lowest BCUT2D eigenvalue weighted by Gasteiger charge is -2.24. The van der Waals surface area contributed by atoms with E-state index in [-0.39, 0.29) is 11.8 Å². The molecule has 6 heteroatoms. The van der Waals surface area contributed by atoms with Gasteiger partial charge in [0, 0.05) is 18.7 Å². The fourth-order valence-electron chi connectivity index (χ4n) is 2.53. The molecule has 1 aliphatic rings. The summed E-state index contributed by atoms with van der Waals surface area (Å²) < 4.78 is 45.5. The van der Waals surface area contributed by atoms with Gasteiger partial charge in [-0.2, -0.15) is 0 Å². The Morgan fingerprint density at radius 3 is 2.43 bits per heavy atom. The molecule has 0 aliphatic carbocycles. The molecule has 0 radical (unpaired) electrons. The zero-order chi connectivity index (χ0) is 15.5. The first-order valence-corrected chi connectivity index (χ1v) is 7.04. The molecular weight excluding hydrogens is 283 g/mol. The summed E-state index contributed by atoms with van der Waals surface area (Å²) in [5.41, 5.74) is 0.926. The van der Waals surface area contributed by atoms with Crippen molar-refractivity contribution in [3.05, 3.63) is 29.8 Å². The van der Waals surface area contributed by atoms with Crippen LogP contribution < -0.4 is 10.1 Å². The maximum atomic E-state index is 12.1. The molecule has 118 valence electrons. The fraction of sp³-hybridized carbons (Fsp3) is 0.600. The van der Waals surface area contributed by atoms with E-state index in [1.54, 1.807) is 12.1 Å². The quantitative estimate of drug-likeness (QED) is 0.900. The molecule has 0 amide bonds. The lowest BCUT2D eigenvalue weighted by atomic mass is 9.98. The molecule has 1 aromatic rings. The van der Waals surface area contributed by atoms with Crippen LogP contribution in [0.5, 0.6) is 5.75 Å². The molecule has 3 atom stereocenters. The molecule has 21 heavy (non-hydrogen) atoms. The number of benzene rings is 1. The number of halogens is 3. The Balaban J connectivity index is 1.91. The SMILES string of the molecule is CC(NC(C)C1CCOC1)c1ccc(OC(F)(F)F)cc1. The third-order valence-electron chi connectivity index (χ3n) is 3.80. The summed E-state index contributed by atoms with van der Waals surface area (Å²) in [5.74, 6) is 0.288. The summed E-state index contributed by atoms with van der Waals surface area (Å²) in [5, 5.41) is 3.46. The Morgan fingerprint density at radius 1 is 1.24 bits per heavy atom. The lowest BCUT2D eigenvalue weighted by molar-refractivity contribution is -0.274. The van der Waals surface area contributed by atoms with Gasteiger partial charge in [0.1, 0.15) is 5.75 Å². The smallest absolute Gasteiger partial charge is 0.406 e. The first-order valence-electron chi connectivity index (χ1n) is 7.04. The molecule has 0 aromatic heterocycles. The Morgan fingerprint density at radius 2 is 1.90 bits per heavy atom. The van der Waals surface area contributed by atoms with Crippen LogP contribution in [-0.4, -0.2) is 25.6 Å². The van der Waals surface area contributed by atoms with E-state index in [0.717, 1.165) is 25.2 Å². The normalized spacial score (nSPS) is 22.0. The maximum absolute atomic E-state index is 12.1. The van der Waals surface area contributed by atoms with Gasteiger partial charge < -0.3 is 14.8 Å². The Hall–Kier alpha value is -1.27. The molecule has 1 fully saturated rings. The molecule has 3 unspecified atom stereocenters. The summed E-state index contributed by atoms with van der Waals surface area (Å²) in [6.45, 7) is 5.66. The largest absolute Gasteiger partial charge is 0.573 e. The van der Waals surface area contributed by atoms with Crippen LogP contribution in [0.1, 0.15) is 31.9 Å². The molecular formula is C15H20F3NO2. The minimum Gasteiger partial charge on any atom is -0.406 e. The van der Waals surface area contributed by atoms with Crippen LogP contribution >= 0.6 is 0 Å². The van der Waals surface area contributed by atoms with Gasteiger partial charge in [0.05, 0.1) is 6.61 Å². The van der Waals surface area contributed by atoms with E-state index >= 15 is 0 Å². The van der Waals surface area contributed by atoms with E-state index in [9.17, 15) is 13.2 Å². The molecule has 1 N–H and O–H groups in total. The van der Waals surface area contributed by atoms with Crippen molar-refractivity contribution in [2.75, 3.05) is 13.2 Å². The van der Waals surface area contributed by atoms with Crippen LogP contribution in [0.25, 0.3) is 0 Å². The van der Waals surface area contributed by atoms with Crippen LogP contribution in [0.3, 0.4) is 0 Å². The number of rotatable bonds is 5. The molecule has 0 bridgehead atoms. The highest BCUT2D eigenvalue weighted by Crippen LogP contribution is 2.25. The van der Waals surface area contributed by atoms with Crippen LogP contribution in [0.15, 0.2) is 24.3 Å². The van der Waals surface area contributed by atoms with Gasteiger partial charge >= 0.3 is 6.36 Å². The fourth-order valence-corrected chi connectivity index (χ4v) is 2.53. The van der Waals surface area contributed by atoms with Gasteiger partial charge in [-0.05, 0) is 43.9 Å². The molecule has 1 aromatic carbocycles. The molecule has 1 heterocycles. The van der Waals surface area contributed by atoms with E-state index < -0.39 is 6.36 Å². The minimum absolute atomic E-state index is 0.0561. The summed E-state index contributed by atoms with van der Waals surface area (Å²) >= 11 is 0. The number of ether oxygens (including phenoxy) is 2. The molecule has 2 rings (SSSR count). The first kappa shape index (κ1) is 16.1. The number of hydrogen-bond donors (Lipinski definition) is 1. The van der Waals surface area contributed by atoms with Crippen LogP contribution in [0.4, 0.5) is 13.2 Å². The third-order valence-corrected chi connectivity index (χ3v) is 3.80. The van der Waals surface area contributed by atoms with Gasteiger partial charge in [-0.25, -0.2) is 0 Å². The monoisotopic (exact) mass is 303 g/mol. The van der Waals surface area contributed by atoms with Crippen molar-refractivity contribution in [3.63, 3.8) is 0 Å². The van der Waals surface area contributed by atoms with Gasteiger partial charge in [-0.3, -0.25) is 0 Å². The summed E-state index contributed by atoms with van der Waals surface area (Å²) in [7, 11) is 0.